The number of carbonyl (C=O) groups excluding carboxylic acids is 2. The number of ether oxygens (including phenoxy) is 1. The summed E-state index contributed by atoms with van der Waals surface area (Å²) in [6.07, 6.45) is 8.81. The first-order valence-electron chi connectivity index (χ1n) is 11.0. The first kappa shape index (κ1) is 22.5. The Kier molecular flexibility index (Phi) is 7.31. The molecule has 0 bridgehead atoms. The highest BCUT2D eigenvalue weighted by molar-refractivity contribution is 5.95. The van der Waals surface area contributed by atoms with Crippen molar-refractivity contribution in [1.82, 2.24) is 19.7 Å². The summed E-state index contributed by atoms with van der Waals surface area (Å²) in [5.41, 5.74) is 2.13. The van der Waals surface area contributed by atoms with Gasteiger partial charge in [-0.15, -0.1) is 0 Å². The lowest BCUT2D eigenvalue weighted by Crippen LogP contribution is -2.39. The molecule has 1 aliphatic rings. The lowest BCUT2D eigenvalue weighted by molar-refractivity contribution is -0.119. The minimum absolute atomic E-state index is 0.0295. The molecule has 2 atom stereocenters. The smallest absolute Gasteiger partial charge is 0.322 e. The number of hydrogen-bond acceptors (Lipinski definition) is 5. The van der Waals surface area contributed by atoms with Crippen LogP contribution in [-0.2, 0) is 16.1 Å². The molecular formula is C24H28N6O3. The summed E-state index contributed by atoms with van der Waals surface area (Å²) in [5, 5.41) is 9.94. The number of amides is 3. The fourth-order valence-electron chi connectivity index (χ4n) is 3.72. The van der Waals surface area contributed by atoms with E-state index in [1.807, 2.05) is 12.1 Å². The van der Waals surface area contributed by atoms with Gasteiger partial charge in [-0.25, -0.2) is 4.79 Å². The van der Waals surface area contributed by atoms with Crippen LogP contribution in [0, 0.1) is 0 Å². The minimum Gasteiger partial charge on any atom is -0.376 e. The molecule has 1 aromatic carbocycles. The third kappa shape index (κ3) is 6.17. The predicted molar refractivity (Wildman–Crippen MR) is 125 cm³/mol. The quantitative estimate of drug-likeness (QED) is 0.547. The second-order valence-electron chi connectivity index (χ2n) is 8.04. The normalized spacial score (nSPS) is 16.2. The molecule has 9 heteroatoms. The van der Waals surface area contributed by atoms with Crippen molar-refractivity contribution < 1.29 is 14.3 Å². The Morgan fingerprint density at radius 2 is 2.03 bits per heavy atom. The number of carbonyl (C=O) groups is 2. The molecule has 1 saturated heterocycles. The van der Waals surface area contributed by atoms with Crippen LogP contribution < -0.4 is 10.6 Å². The number of hydrogen-bond donors (Lipinski definition) is 2. The zero-order valence-electron chi connectivity index (χ0n) is 18.6. The molecule has 0 radical (unpaired) electrons. The second-order valence-corrected chi connectivity index (χ2v) is 8.04. The lowest BCUT2D eigenvalue weighted by atomic mass is 10.2. The lowest BCUT2D eigenvalue weighted by Gasteiger charge is -2.26. The monoisotopic (exact) mass is 448 g/mol. The van der Waals surface area contributed by atoms with E-state index in [2.05, 4.69) is 20.7 Å². The molecule has 3 amide bonds. The van der Waals surface area contributed by atoms with E-state index in [1.54, 1.807) is 71.6 Å². The van der Waals surface area contributed by atoms with Crippen LogP contribution in [0.4, 0.5) is 16.2 Å². The zero-order chi connectivity index (χ0) is 23.0. The van der Waals surface area contributed by atoms with E-state index in [1.165, 1.54) is 0 Å². The number of benzene rings is 1. The second kappa shape index (κ2) is 10.7. The minimum atomic E-state index is -0.459. The van der Waals surface area contributed by atoms with Crippen molar-refractivity contribution in [3.8, 4) is 0 Å². The van der Waals surface area contributed by atoms with E-state index >= 15 is 0 Å². The van der Waals surface area contributed by atoms with Crippen molar-refractivity contribution in [3.05, 3.63) is 72.8 Å². The molecule has 0 spiro atoms. The summed E-state index contributed by atoms with van der Waals surface area (Å²) in [6.45, 7) is 3.43. The van der Waals surface area contributed by atoms with E-state index in [9.17, 15) is 9.59 Å². The molecule has 33 heavy (non-hydrogen) atoms. The Bertz CT molecular complexity index is 1050. The topological polar surface area (TPSA) is 101 Å². The van der Waals surface area contributed by atoms with Crippen LogP contribution in [0.5, 0.6) is 0 Å². The van der Waals surface area contributed by atoms with Crippen molar-refractivity contribution in [2.45, 2.75) is 38.5 Å². The Morgan fingerprint density at radius 3 is 2.73 bits per heavy atom. The van der Waals surface area contributed by atoms with Gasteiger partial charge in [-0.1, -0.05) is 12.1 Å². The number of nitrogens with one attached hydrogen (secondary N) is 2. The van der Waals surface area contributed by atoms with Gasteiger partial charge in [0.25, 0.3) is 0 Å². The van der Waals surface area contributed by atoms with Crippen LogP contribution in [0.25, 0.3) is 0 Å². The van der Waals surface area contributed by atoms with Gasteiger partial charge in [0.2, 0.25) is 5.91 Å². The fourth-order valence-corrected chi connectivity index (χ4v) is 3.72. The zero-order valence-corrected chi connectivity index (χ0v) is 18.6. The van der Waals surface area contributed by atoms with Gasteiger partial charge in [0, 0.05) is 55.9 Å². The molecule has 0 saturated carbocycles. The van der Waals surface area contributed by atoms with Crippen molar-refractivity contribution in [3.63, 3.8) is 0 Å². The molecule has 4 rings (SSSR count). The molecule has 172 valence electrons. The first-order valence-corrected chi connectivity index (χ1v) is 11.0. The maximum atomic E-state index is 13.1. The van der Waals surface area contributed by atoms with Gasteiger partial charge < -0.3 is 20.3 Å². The van der Waals surface area contributed by atoms with Crippen LogP contribution in [-0.4, -0.2) is 50.9 Å². The standard InChI is InChI=1S/C24H28N6O3/c1-18(30-12-5-11-26-30)23(31)27-20-7-2-8-21(14-20)28-24(32)29(17-22-9-4-13-33-22)16-19-6-3-10-25-15-19/h2-3,5-8,10-12,14-15,18,22H,4,9,13,16-17H2,1H3,(H,27,31)(H,28,32)/t18-,22-/m1/s1. The summed E-state index contributed by atoms with van der Waals surface area (Å²) in [6, 6.07) is 12.0. The van der Waals surface area contributed by atoms with Crippen molar-refractivity contribution >= 4 is 23.3 Å². The van der Waals surface area contributed by atoms with E-state index in [-0.39, 0.29) is 18.0 Å². The molecule has 1 fully saturated rings. The van der Waals surface area contributed by atoms with Crippen molar-refractivity contribution in [1.29, 1.82) is 0 Å². The predicted octanol–water partition coefficient (Wildman–Crippen LogP) is 3.69. The molecule has 9 nitrogen and oxygen atoms in total. The van der Waals surface area contributed by atoms with Crippen molar-refractivity contribution in [2.24, 2.45) is 0 Å². The molecular weight excluding hydrogens is 420 g/mol. The Morgan fingerprint density at radius 1 is 1.18 bits per heavy atom. The van der Waals surface area contributed by atoms with Crippen LogP contribution in [0.2, 0.25) is 0 Å². The number of nitrogens with zero attached hydrogens (tertiary/aromatic N) is 4. The Balaban J connectivity index is 1.42. The highest BCUT2D eigenvalue weighted by Gasteiger charge is 2.23. The van der Waals surface area contributed by atoms with E-state index in [0.717, 1.165) is 25.0 Å². The maximum Gasteiger partial charge on any atom is 0.322 e. The number of rotatable bonds is 8. The molecule has 2 N–H and O–H groups in total. The fraction of sp³-hybridized carbons (Fsp3) is 0.333. The summed E-state index contributed by atoms with van der Waals surface area (Å²) < 4.78 is 7.33. The number of pyridine rings is 1. The Hall–Kier alpha value is -3.72. The van der Waals surface area contributed by atoms with Gasteiger partial charge in [0.05, 0.1) is 6.10 Å². The van der Waals surface area contributed by atoms with Gasteiger partial charge >= 0.3 is 6.03 Å². The summed E-state index contributed by atoms with van der Waals surface area (Å²) in [4.78, 5) is 31.6. The van der Waals surface area contributed by atoms with Crippen LogP contribution in [0.3, 0.4) is 0 Å². The largest absolute Gasteiger partial charge is 0.376 e. The number of anilines is 2. The van der Waals surface area contributed by atoms with Gasteiger partial charge in [-0.2, -0.15) is 5.10 Å². The van der Waals surface area contributed by atoms with Gasteiger partial charge in [0.1, 0.15) is 6.04 Å². The Labute approximate surface area is 192 Å². The highest BCUT2D eigenvalue weighted by atomic mass is 16.5. The average Bonchev–Trinajstić information content (AvgIpc) is 3.54. The highest BCUT2D eigenvalue weighted by Crippen LogP contribution is 2.19. The van der Waals surface area contributed by atoms with Gasteiger partial charge in [-0.05, 0) is 55.7 Å². The summed E-state index contributed by atoms with van der Waals surface area (Å²) in [7, 11) is 0. The molecule has 1 aliphatic heterocycles. The van der Waals surface area contributed by atoms with Crippen LogP contribution >= 0.6 is 0 Å². The molecule has 0 unspecified atom stereocenters. The SMILES string of the molecule is C[C@H](C(=O)Nc1cccc(NC(=O)N(Cc2cccnc2)C[C@H]2CCCO2)c1)n1cccn1. The third-order valence-corrected chi connectivity index (χ3v) is 5.51. The maximum absolute atomic E-state index is 13.1. The van der Waals surface area contributed by atoms with E-state index < -0.39 is 6.04 Å². The van der Waals surface area contributed by atoms with E-state index in [0.29, 0.717) is 24.5 Å². The van der Waals surface area contributed by atoms with Crippen molar-refractivity contribution in [2.75, 3.05) is 23.8 Å². The summed E-state index contributed by atoms with van der Waals surface area (Å²) >= 11 is 0. The molecule has 3 aromatic rings. The van der Waals surface area contributed by atoms with Crippen LogP contribution in [0.1, 0.15) is 31.4 Å². The summed E-state index contributed by atoms with van der Waals surface area (Å²) in [5.74, 6) is -0.196. The molecule has 0 aliphatic carbocycles. The molecule has 3 heterocycles. The van der Waals surface area contributed by atoms with Crippen LogP contribution in [0.15, 0.2) is 67.3 Å². The van der Waals surface area contributed by atoms with E-state index in [4.69, 9.17) is 4.74 Å². The average molecular weight is 449 g/mol. The third-order valence-electron chi connectivity index (χ3n) is 5.51. The van der Waals surface area contributed by atoms with Gasteiger partial charge in [-0.3, -0.25) is 14.5 Å². The first-order chi connectivity index (χ1) is 16.1. The number of aromatic nitrogens is 3. The van der Waals surface area contributed by atoms with Gasteiger partial charge in [0.15, 0.2) is 0 Å². The molecule has 2 aromatic heterocycles. The number of urea groups is 1.